The molecule has 0 aliphatic carbocycles. The first-order valence-electron chi connectivity index (χ1n) is 4.34. The molecule has 2 aliphatic rings. The molecule has 0 saturated carbocycles. The van der Waals surface area contributed by atoms with Crippen LogP contribution in [0.4, 0.5) is 0 Å². The lowest BCUT2D eigenvalue weighted by Crippen LogP contribution is -2.19. The summed E-state index contributed by atoms with van der Waals surface area (Å²) in [5, 5.41) is 0. The summed E-state index contributed by atoms with van der Waals surface area (Å²) in [7, 11) is 0. The van der Waals surface area contributed by atoms with E-state index in [4.69, 9.17) is 0 Å². The molecule has 0 aromatic heterocycles. The standard InChI is InChI=1S/C8H14S4/c1-3-4-10-8-7(2,12-8)9-5-6-11-8/h3-6H2,1-2H3. The van der Waals surface area contributed by atoms with Crippen LogP contribution in [-0.4, -0.2) is 24.7 Å². The molecule has 2 saturated heterocycles. The normalized spacial score (nSPS) is 45.5. The van der Waals surface area contributed by atoms with E-state index in [2.05, 4.69) is 60.9 Å². The quantitative estimate of drug-likeness (QED) is 0.687. The van der Waals surface area contributed by atoms with E-state index >= 15 is 0 Å². The minimum atomic E-state index is 0.548. The van der Waals surface area contributed by atoms with Crippen LogP contribution in [0.25, 0.3) is 0 Å². The molecule has 2 heterocycles. The van der Waals surface area contributed by atoms with Crippen molar-refractivity contribution in [2.24, 2.45) is 0 Å². The molecule has 0 bridgehead atoms. The summed E-state index contributed by atoms with van der Waals surface area (Å²) < 4.78 is 1.10. The van der Waals surface area contributed by atoms with Gasteiger partial charge in [-0.2, -0.15) is 0 Å². The van der Waals surface area contributed by atoms with Crippen LogP contribution in [0, 0.1) is 0 Å². The predicted octanol–water partition coefficient (Wildman–Crippen LogP) is 3.73. The smallest absolute Gasteiger partial charge is 0.132 e. The van der Waals surface area contributed by atoms with Crippen molar-refractivity contribution in [2.45, 2.75) is 27.8 Å². The lowest BCUT2D eigenvalue weighted by atomic mass is 10.5. The molecular weight excluding hydrogens is 224 g/mol. The van der Waals surface area contributed by atoms with Gasteiger partial charge in [0.05, 0.1) is 4.08 Å². The Morgan fingerprint density at radius 1 is 1.33 bits per heavy atom. The van der Waals surface area contributed by atoms with Gasteiger partial charge in [0, 0.05) is 11.5 Å². The van der Waals surface area contributed by atoms with Crippen molar-refractivity contribution < 1.29 is 0 Å². The summed E-state index contributed by atoms with van der Waals surface area (Å²) in [6.07, 6.45) is 1.31. The van der Waals surface area contributed by atoms with Crippen LogP contribution in [0.1, 0.15) is 20.3 Å². The second-order valence-electron chi connectivity index (χ2n) is 3.15. The molecule has 2 rings (SSSR count). The van der Waals surface area contributed by atoms with Crippen LogP contribution in [0.3, 0.4) is 0 Å². The first-order chi connectivity index (χ1) is 5.72. The number of hydrogen-bond acceptors (Lipinski definition) is 4. The fraction of sp³-hybridized carbons (Fsp3) is 1.00. The van der Waals surface area contributed by atoms with Crippen LogP contribution in [-0.2, 0) is 0 Å². The Morgan fingerprint density at radius 2 is 2.08 bits per heavy atom. The SMILES string of the molecule is CCCSC12SCCSC1(C)S2. The van der Waals surface area contributed by atoms with E-state index in [1.54, 1.807) is 0 Å². The molecule has 0 aromatic carbocycles. The highest BCUT2D eigenvalue weighted by atomic mass is 32.3. The third-order valence-electron chi connectivity index (χ3n) is 2.09. The average molecular weight is 238 g/mol. The minimum absolute atomic E-state index is 0.548. The molecule has 0 amide bonds. The van der Waals surface area contributed by atoms with Crippen molar-refractivity contribution in [3.05, 3.63) is 0 Å². The molecule has 0 N–H and O–H groups in total. The molecule has 0 radical (unpaired) electrons. The Bertz CT molecular complexity index is 180. The largest absolute Gasteiger partial charge is 0.140 e. The zero-order valence-electron chi connectivity index (χ0n) is 7.46. The highest BCUT2D eigenvalue weighted by Crippen LogP contribution is 2.81. The fourth-order valence-electron chi connectivity index (χ4n) is 1.36. The second-order valence-corrected chi connectivity index (χ2v) is 9.95. The zero-order valence-corrected chi connectivity index (χ0v) is 10.7. The van der Waals surface area contributed by atoms with Crippen molar-refractivity contribution >= 4 is 47.0 Å². The Balaban J connectivity index is 1.94. The molecule has 12 heavy (non-hydrogen) atoms. The first-order valence-corrected chi connectivity index (χ1v) is 8.12. The van der Waals surface area contributed by atoms with E-state index in [1.165, 1.54) is 23.7 Å². The van der Waals surface area contributed by atoms with Gasteiger partial charge < -0.3 is 0 Å². The first kappa shape index (κ1) is 9.94. The van der Waals surface area contributed by atoms with Crippen molar-refractivity contribution in [1.29, 1.82) is 0 Å². The lowest BCUT2D eigenvalue weighted by Gasteiger charge is -2.23. The summed E-state index contributed by atoms with van der Waals surface area (Å²) >= 11 is 8.70. The van der Waals surface area contributed by atoms with Crippen LogP contribution in [0.15, 0.2) is 0 Å². The van der Waals surface area contributed by atoms with Gasteiger partial charge in [-0.05, 0) is 19.1 Å². The van der Waals surface area contributed by atoms with Gasteiger partial charge in [-0.15, -0.1) is 47.0 Å². The predicted molar refractivity (Wildman–Crippen MR) is 66.4 cm³/mol. The number of rotatable bonds is 3. The van der Waals surface area contributed by atoms with Gasteiger partial charge in [-0.3, -0.25) is 0 Å². The van der Waals surface area contributed by atoms with Crippen molar-refractivity contribution in [3.8, 4) is 0 Å². The summed E-state index contributed by atoms with van der Waals surface area (Å²) in [5.74, 6) is 4.03. The Morgan fingerprint density at radius 3 is 2.75 bits per heavy atom. The minimum Gasteiger partial charge on any atom is -0.140 e. The van der Waals surface area contributed by atoms with Crippen LogP contribution in [0.2, 0.25) is 0 Å². The number of fused-ring (bicyclic) bond motifs is 1. The molecule has 2 atom stereocenters. The molecule has 0 nitrogen and oxygen atoms in total. The zero-order chi connectivity index (χ0) is 8.66. The average Bonchev–Trinajstić information content (AvgIpc) is 2.68. The van der Waals surface area contributed by atoms with Crippen molar-refractivity contribution in [2.75, 3.05) is 17.3 Å². The summed E-state index contributed by atoms with van der Waals surface area (Å²) in [6, 6.07) is 0. The van der Waals surface area contributed by atoms with E-state index in [1.807, 2.05) is 0 Å². The van der Waals surface area contributed by atoms with E-state index in [-0.39, 0.29) is 0 Å². The van der Waals surface area contributed by atoms with E-state index in [0.29, 0.717) is 7.49 Å². The van der Waals surface area contributed by atoms with Crippen LogP contribution in [0.5, 0.6) is 0 Å². The second kappa shape index (κ2) is 3.52. The number of thioether (sulfide) groups is 4. The molecule has 70 valence electrons. The highest BCUT2D eigenvalue weighted by Gasteiger charge is 2.68. The molecule has 0 spiro atoms. The molecule has 0 aromatic rings. The van der Waals surface area contributed by atoms with Crippen molar-refractivity contribution in [3.63, 3.8) is 0 Å². The highest BCUT2D eigenvalue weighted by molar-refractivity contribution is 8.46. The fourth-order valence-corrected chi connectivity index (χ4v) is 9.54. The van der Waals surface area contributed by atoms with Gasteiger partial charge in [0.1, 0.15) is 3.41 Å². The van der Waals surface area contributed by atoms with Gasteiger partial charge in [-0.1, -0.05) is 6.92 Å². The van der Waals surface area contributed by atoms with Gasteiger partial charge in [0.2, 0.25) is 0 Å². The maximum absolute atomic E-state index is 2.41. The van der Waals surface area contributed by atoms with Gasteiger partial charge in [0.15, 0.2) is 0 Å². The maximum Gasteiger partial charge on any atom is 0.132 e. The molecule has 2 aliphatic heterocycles. The van der Waals surface area contributed by atoms with Gasteiger partial charge in [0.25, 0.3) is 0 Å². The monoisotopic (exact) mass is 238 g/mol. The van der Waals surface area contributed by atoms with Gasteiger partial charge >= 0.3 is 0 Å². The Hall–Kier alpha value is 1.40. The molecule has 4 heteroatoms. The maximum atomic E-state index is 2.41. The Kier molecular flexibility index (Phi) is 2.91. The van der Waals surface area contributed by atoms with Crippen LogP contribution >= 0.6 is 47.0 Å². The van der Waals surface area contributed by atoms with Crippen molar-refractivity contribution in [1.82, 2.24) is 0 Å². The van der Waals surface area contributed by atoms with E-state index < -0.39 is 0 Å². The molecule has 2 unspecified atom stereocenters. The molecule has 2 fully saturated rings. The summed E-state index contributed by atoms with van der Waals surface area (Å²) in [4.78, 5) is 0. The molecular formula is C8H14S4. The topological polar surface area (TPSA) is 0 Å². The van der Waals surface area contributed by atoms with E-state index in [0.717, 1.165) is 0 Å². The lowest BCUT2D eigenvalue weighted by molar-refractivity contribution is 1.05. The summed E-state index contributed by atoms with van der Waals surface area (Å²) in [6.45, 7) is 4.69. The number of hydrogen-bond donors (Lipinski definition) is 0. The summed E-state index contributed by atoms with van der Waals surface area (Å²) in [5.41, 5.74) is 0. The third-order valence-corrected chi connectivity index (χ3v) is 10.5. The van der Waals surface area contributed by atoms with Gasteiger partial charge in [-0.25, -0.2) is 0 Å². The third kappa shape index (κ3) is 1.53. The van der Waals surface area contributed by atoms with E-state index in [9.17, 15) is 0 Å². The Labute approximate surface area is 91.8 Å². The van der Waals surface area contributed by atoms with Crippen LogP contribution < -0.4 is 0 Å².